The summed E-state index contributed by atoms with van der Waals surface area (Å²) in [6.45, 7) is 0. The Labute approximate surface area is 158 Å². The lowest BCUT2D eigenvalue weighted by Crippen LogP contribution is -2.16. The summed E-state index contributed by atoms with van der Waals surface area (Å²) in [4.78, 5) is 12.1. The highest BCUT2D eigenvalue weighted by Gasteiger charge is 2.14. The number of thioether (sulfide) groups is 1. The number of rotatable bonds is 5. The van der Waals surface area contributed by atoms with Gasteiger partial charge in [-0.05, 0) is 42.5 Å². The van der Waals surface area contributed by atoms with Gasteiger partial charge in [0.2, 0.25) is 11.1 Å². The first-order valence-electron chi connectivity index (χ1n) is 7.46. The molecule has 0 aliphatic rings. The normalized spacial score (nSPS) is 10.3. The van der Waals surface area contributed by atoms with Crippen molar-refractivity contribution in [2.75, 3.05) is 16.9 Å². The molecule has 0 radical (unpaired) electrons. The summed E-state index contributed by atoms with van der Waals surface area (Å²) in [5.74, 6) is 6.37. The molecule has 1 aromatic heterocycles. The van der Waals surface area contributed by atoms with Crippen molar-refractivity contribution in [3.8, 4) is 17.5 Å². The van der Waals surface area contributed by atoms with Crippen LogP contribution in [-0.2, 0) is 4.79 Å². The number of halogens is 1. The van der Waals surface area contributed by atoms with Gasteiger partial charge < -0.3 is 11.2 Å². The van der Waals surface area contributed by atoms with Crippen LogP contribution in [0.25, 0.3) is 11.4 Å². The number of anilines is 1. The first-order valence-corrected chi connectivity index (χ1v) is 8.82. The summed E-state index contributed by atoms with van der Waals surface area (Å²) in [6.07, 6.45) is 0. The summed E-state index contributed by atoms with van der Waals surface area (Å²) in [5, 5.41) is 20.7. The number of carbonyl (C=O) groups is 1. The van der Waals surface area contributed by atoms with E-state index < -0.39 is 0 Å². The molecule has 0 aliphatic carbocycles. The molecule has 26 heavy (non-hydrogen) atoms. The Kier molecular flexibility index (Phi) is 5.41. The standard InChI is InChI=1S/C17H13ClN6OS/c18-13-6-4-12(5-7-13)16-22-23-17(24(16)20)26-10-15(25)21-14-3-1-2-11(8-14)9-19/h1-8H,10,20H2,(H,21,25). The van der Waals surface area contributed by atoms with Gasteiger partial charge in [0.1, 0.15) is 0 Å². The quantitative estimate of drug-likeness (QED) is 0.517. The van der Waals surface area contributed by atoms with Gasteiger partial charge in [0.25, 0.3) is 0 Å². The number of nitrogens with zero attached hydrogens (tertiary/aromatic N) is 4. The van der Waals surface area contributed by atoms with Gasteiger partial charge in [0.05, 0.1) is 17.4 Å². The fourth-order valence-corrected chi connectivity index (χ4v) is 2.95. The predicted molar refractivity (Wildman–Crippen MR) is 101 cm³/mol. The SMILES string of the molecule is N#Cc1cccc(NC(=O)CSc2nnc(-c3ccc(Cl)cc3)n2N)c1. The topological polar surface area (TPSA) is 110 Å². The Morgan fingerprint density at radius 2 is 2.04 bits per heavy atom. The lowest BCUT2D eigenvalue weighted by atomic mass is 10.2. The Hall–Kier alpha value is -3.02. The highest BCUT2D eigenvalue weighted by molar-refractivity contribution is 7.99. The molecule has 0 aliphatic heterocycles. The summed E-state index contributed by atoms with van der Waals surface area (Å²) < 4.78 is 1.33. The number of nitrogen functional groups attached to an aromatic ring is 1. The van der Waals surface area contributed by atoms with Crippen LogP contribution in [0.1, 0.15) is 5.56 Å². The van der Waals surface area contributed by atoms with E-state index in [0.717, 1.165) is 17.3 Å². The van der Waals surface area contributed by atoms with Crippen molar-refractivity contribution in [2.24, 2.45) is 0 Å². The minimum absolute atomic E-state index is 0.104. The zero-order valence-electron chi connectivity index (χ0n) is 13.4. The highest BCUT2D eigenvalue weighted by atomic mass is 35.5. The zero-order chi connectivity index (χ0) is 18.5. The number of amides is 1. The Bertz CT molecular complexity index is 980. The fourth-order valence-electron chi connectivity index (χ4n) is 2.16. The van der Waals surface area contributed by atoms with Crippen molar-refractivity contribution < 1.29 is 4.79 Å². The minimum atomic E-state index is -0.235. The molecule has 7 nitrogen and oxygen atoms in total. The van der Waals surface area contributed by atoms with Crippen LogP contribution in [0.3, 0.4) is 0 Å². The molecular formula is C17H13ClN6OS. The average molecular weight is 385 g/mol. The molecule has 0 saturated carbocycles. The molecule has 0 bridgehead atoms. The Balaban J connectivity index is 1.64. The first kappa shape index (κ1) is 17.8. The van der Waals surface area contributed by atoms with E-state index in [0.29, 0.717) is 27.3 Å². The molecule has 130 valence electrons. The van der Waals surface area contributed by atoms with E-state index in [4.69, 9.17) is 22.7 Å². The summed E-state index contributed by atoms with van der Waals surface area (Å²) in [7, 11) is 0. The second-order valence-electron chi connectivity index (χ2n) is 5.21. The number of nitrogens with one attached hydrogen (secondary N) is 1. The van der Waals surface area contributed by atoms with Crippen LogP contribution >= 0.6 is 23.4 Å². The van der Waals surface area contributed by atoms with E-state index in [9.17, 15) is 4.79 Å². The van der Waals surface area contributed by atoms with Crippen LogP contribution < -0.4 is 11.2 Å². The van der Waals surface area contributed by atoms with Crippen molar-refractivity contribution in [1.82, 2.24) is 14.9 Å². The van der Waals surface area contributed by atoms with Crippen LogP contribution in [0.2, 0.25) is 5.02 Å². The lowest BCUT2D eigenvalue weighted by molar-refractivity contribution is -0.113. The minimum Gasteiger partial charge on any atom is -0.335 e. The summed E-state index contributed by atoms with van der Waals surface area (Å²) in [6, 6.07) is 15.8. The van der Waals surface area contributed by atoms with E-state index in [1.54, 1.807) is 48.5 Å². The van der Waals surface area contributed by atoms with Gasteiger partial charge in [-0.25, -0.2) is 4.68 Å². The summed E-state index contributed by atoms with van der Waals surface area (Å²) >= 11 is 7.04. The van der Waals surface area contributed by atoms with E-state index in [1.165, 1.54) is 4.68 Å². The van der Waals surface area contributed by atoms with Gasteiger partial charge in [-0.1, -0.05) is 29.4 Å². The monoisotopic (exact) mass is 384 g/mol. The third-order valence-electron chi connectivity index (χ3n) is 3.37. The smallest absolute Gasteiger partial charge is 0.234 e. The van der Waals surface area contributed by atoms with Gasteiger partial charge in [0.15, 0.2) is 5.82 Å². The van der Waals surface area contributed by atoms with E-state index in [1.807, 2.05) is 6.07 Å². The van der Waals surface area contributed by atoms with Crippen molar-refractivity contribution in [2.45, 2.75) is 5.16 Å². The van der Waals surface area contributed by atoms with E-state index in [2.05, 4.69) is 15.5 Å². The molecule has 2 aromatic carbocycles. The highest BCUT2D eigenvalue weighted by Crippen LogP contribution is 2.23. The molecule has 1 heterocycles. The first-order chi connectivity index (χ1) is 12.6. The fraction of sp³-hybridized carbons (Fsp3) is 0.0588. The number of aromatic nitrogens is 3. The van der Waals surface area contributed by atoms with Crippen LogP contribution in [-0.4, -0.2) is 26.5 Å². The number of nitrogens with two attached hydrogens (primary N) is 1. The maximum atomic E-state index is 12.1. The van der Waals surface area contributed by atoms with Gasteiger partial charge in [-0.3, -0.25) is 4.79 Å². The van der Waals surface area contributed by atoms with Gasteiger partial charge in [0, 0.05) is 16.3 Å². The molecule has 3 N–H and O–H groups in total. The number of benzene rings is 2. The summed E-state index contributed by atoms with van der Waals surface area (Å²) in [5.41, 5.74) is 1.81. The molecule has 9 heteroatoms. The van der Waals surface area contributed by atoms with E-state index in [-0.39, 0.29) is 11.7 Å². The maximum Gasteiger partial charge on any atom is 0.234 e. The van der Waals surface area contributed by atoms with Crippen molar-refractivity contribution in [3.63, 3.8) is 0 Å². The predicted octanol–water partition coefficient (Wildman–Crippen LogP) is 2.91. The number of carbonyl (C=O) groups excluding carboxylic acids is 1. The molecule has 0 unspecified atom stereocenters. The van der Waals surface area contributed by atoms with Gasteiger partial charge in [-0.2, -0.15) is 5.26 Å². The molecule has 0 spiro atoms. The van der Waals surface area contributed by atoms with Crippen LogP contribution in [0.15, 0.2) is 53.7 Å². The second kappa shape index (κ2) is 7.91. The molecule has 3 aromatic rings. The second-order valence-corrected chi connectivity index (χ2v) is 6.59. The van der Waals surface area contributed by atoms with Crippen molar-refractivity contribution >= 4 is 35.0 Å². The number of hydrogen-bond donors (Lipinski definition) is 2. The van der Waals surface area contributed by atoms with Crippen LogP contribution in [0.4, 0.5) is 5.69 Å². The largest absolute Gasteiger partial charge is 0.335 e. The molecule has 0 atom stereocenters. The number of hydrogen-bond acceptors (Lipinski definition) is 6. The molecule has 0 saturated heterocycles. The molecule has 0 fully saturated rings. The number of nitriles is 1. The van der Waals surface area contributed by atoms with Crippen LogP contribution in [0, 0.1) is 11.3 Å². The Morgan fingerprint density at radius 3 is 2.77 bits per heavy atom. The molecular weight excluding hydrogens is 372 g/mol. The van der Waals surface area contributed by atoms with E-state index >= 15 is 0 Å². The third-order valence-corrected chi connectivity index (χ3v) is 4.57. The average Bonchev–Trinajstić information content (AvgIpc) is 3.01. The maximum absolute atomic E-state index is 12.1. The lowest BCUT2D eigenvalue weighted by Gasteiger charge is -2.06. The van der Waals surface area contributed by atoms with Gasteiger partial charge >= 0.3 is 0 Å². The van der Waals surface area contributed by atoms with Crippen molar-refractivity contribution in [1.29, 1.82) is 5.26 Å². The van der Waals surface area contributed by atoms with Crippen LogP contribution in [0.5, 0.6) is 0 Å². The zero-order valence-corrected chi connectivity index (χ0v) is 15.0. The molecule has 1 amide bonds. The van der Waals surface area contributed by atoms with Crippen molar-refractivity contribution in [3.05, 3.63) is 59.1 Å². The third kappa shape index (κ3) is 4.14. The van der Waals surface area contributed by atoms with Gasteiger partial charge in [-0.15, -0.1) is 10.2 Å². The molecule has 3 rings (SSSR count). The Morgan fingerprint density at radius 1 is 1.27 bits per heavy atom.